The summed E-state index contributed by atoms with van der Waals surface area (Å²) in [6, 6.07) is 16.8. The van der Waals surface area contributed by atoms with Gasteiger partial charge in [-0.15, -0.1) is 0 Å². The van der Waals surface area contributed by atoms with Crippen LogP contribution in [0.25, 0.3) is 17.2 Å². The van der Waals surface area contributed by atoms with E-state index in [9.17, 15) is 4.79 Å². The number of para-hydroxylation sites is 3. The minimum Gasteiger partial charge on any atom is -0.321 e. The van der Waals surface area contributed by atoms with Gasteiger partial charge in [-0.3, -0.25) is 4.79 Å². The summed E-state index contributed by atoms with van der Waals surface area (Å²) >= 11 is 0. The Morgan fingerprint density at radius 2 is 2.00 bits per heavy atom. The fourth-order valence-corrected chi connectivity index (χ4v) is 2.51. The van der Waals surface area contributed by atoms with Gasteiger partial charge in [0, 0.05) is 0 Å². The van der Waals surface area contributed by atoms with Crippen molar-refractivity contribution in [2.75, 3.05) is 5.32 Å². The molecule has 0 saturated carbocycles. The van der Waals surface area contributed by atoms with Crippen LogP contribution in [0.2, 0.25) is 0 Å². The number of fused-ring (bicyclic) bond motifs is 1. The SMILES string of the molecule is C=Cn1c[n+](CC(=O)Nc2ccccc2C#N)c2ccccc21. The molecule has 0 fully saturated rings. The van der Waals surface area contributed by atoms with Gasteiger partial charge in [-0.25, -0.2) is 9.13 Å². The van der Waals surface area contributed by atoms with Crippen LogP contribution >= 0.6 is 0 Å². The Bertz CT molecular complexity index is 934. The Labute approximate surface area is 133 Å². The molecule has 0 aliphatic rings. The molecule has 23 heavy (non-hydrogen) atoms. The standard InChI is InChI=1S/C18H14N4O/c1-2-21-13-22(17-10-6-5-9-16(17)21)12-18(23)20-15-8-4-3-7-14(15)11-19/h2-10,13H,1,12H2/p+1. The molecule has 0 aliphatic carbocycles. The van der Waals surface area contributed by atoms with Crippen LogP contribution in [0.5, 0.6) is 0 Å². The largest absolute Gasteiger partial charge is 0.321 e. The van der Waals surface area contributed by atoms with E-state index in [-0.39, 0.29) is 12.5 Å². The van der Waals surface area contributed by atoms with Gasteiger partial charge < -0.3 is 5.32 Å². The van der Waals surface area contributed by atoms with Crippen LogP contribution in [0.15, 0.2) is 61.4 Å². The first-order valence-corrected chi connectivity index (χ1v) is 7.13. The Morgan fingerprint density at radius 1 is 1.26 bits per heavy atom. The van der Waals surface area contributed by atoms with Crippen molar-refractivity contribution in [2.45, 2.75) is 6.54 Å². The van der Waals surface area contributed by atoms with Crippen molar-refractivity contribution in [3.63, 3.8) is 0 Å². The van der Waals surface area contributed by atoms with Crippen LogP contribution < -0.4 is 9.88 Å². The lowest BCUT2D eigenvalue weighted by Gasteiger charge is -2.05. The minimum atomic E-state index is -0.190. The maximum Gasteiger partial charge on any atom is 0.266 e. The van der Waals surface area contributed by atoms with Crippen LogP contribution in [-0.4, -0.2) is 10.5 Å². The zero-order chi connectivity index (χ0) is 16.2. The number of imidazole rings is 1. The maximum absolute atomic E-state index is 12.3. The number of carbonyl (C=O) groups is 1. The highest BCUT2D eigenvalue weighted by Gasteiger charge is 2.16. The van der Waals surface area contributed by atoms with E-state index in [1.807, 2.05) is 39.7 Å². The summed E-state index contributed by atoms with van der Waals surface area (Å²) < 4.78 is 3.72. The molecule has 1 amide bonds. The quantitative estimate of drug-likeness (QED) is 0.753. The maximum atomic E-state index is 12.3. The molecule has 0 saturated heterocycles. The molecule has 0 atom stereocenters. The number of carbonyl (C=O) groups excluding carboxylic acids is 1. The molecule has 1 N–H and O–H groups in total. The lowest BCUT2D eigenvalue weighted by atomic mass is 10.2. The van der Waals surface area contributed by atoms with Gasteiger partial charge >= 0.3 is 0 Å². The molecule has 3 aromatic rings. The molecule has 1 heterocycles. The van der Waals surface area contributed by atoms with Crippen LogP contribution in [0, 0.1) is 11.3 Å². The average molecular weight is 303 g/mol. The summed E-state index contributed by atoms with van der Waals surface area (Å²) in [6.45, 7) is 3.93. The lowest BCUT2D eigenvalue weighted by molar-refractivity contribution is -0.658. The number of nitriles is 1. The molecular weight excluding hydrogens is 288 g/mol. The third-order valence-electron chi connectivity index (χ3n) is 3.57. The first-order valence-electron chi connectivity index (χ1n) is 7.13. The Kier molecular flexibility index (Phi) is 3.89. The monoisotopic (exact) mass is 303 g/mol. The summed E-state index contributed by atoms with van der Waals surface area (Å²) in [5.74, 6) is -0.190. The van der Waals surface area contributed by atoms with E-state index in [1.165, 1.54) is 0 Å². The molecule has 0 spiro atoms. The first-order chi connectivity index (χ1) is 11.2. The van der Waals surface area contributed by atoms with E-state index in [0.717, 1.165) is 11.0 Å². The highest BCUT2D eigenvalue weighted by Crippen LogP contribution is 2.14. The molecule has 0 aliphatic heterocycles. The predicted octanol–water partition coefficient (Wildman–Crippen LogP) is 2.54. The van der Waals surface area contributed by atoms with E-state index in [4.69, 9.17) is 5.26 Å². The van der Waals surface area contributed by atoms with Crippen LogP contribution in [-0.2, 0) is 11.3 Å². The van der Waals surface area contributed by atoms with Crippen LogP contribution in [0.3, 0.4) is 0 Å². The molecule has 0 radical (unpaired) electrons. The highest BCUT2D eigenvalue weighted by molar-refractivity contribution is 5.91. The number of amides is 1. The molecule has 0 bridgehead atoms. The molecule has 112 valence electrons. The van der Waals surface area contributed by atoms with Crippen molar-refractivity contribution < 1.29 is 9.36 Å². The van der Waals surface area contributed by atoms with Crippen molar-refractivity contribution in [1.82, 2.24) is 4.57 Å². The average Bonchev–Trinajstić information content (AvgIpc) is 2.93. The Hall–Kier alpha value is -3.39. The van der Waals surface area contributed by atoms with E-state index >= 15 is 0 Å². The molecule has 5 heteroatoms. The van der Waals surface area contributed by atoms with Crippen molar-refractivity contribution in [3.8, 4) is 6.07 Å². The fraction of sp³-hybridized carbons (Fsp3) is 0.0556. The van der Waals surface area contributed by atoms with Gasteiger partial charge in [-0.2, -0.15) is 5.26 Å². The van der Waals surface area contributed by atoms with E-state index in [2.05, 4.69) is 18.0 Å². The number of hydrogen-bond acceptors (Lipinski definition) is 2. The normalized spacial score (nSPS) is 10.2. The summed E-state index contributed by atoms with van der Waals surface area (Å²) in [4.78, 5) is 12.3. The van der Waals surface area contributed by atoms with Crippen LogP contribution in [0.1, 0.15) is 5.56 Å². The van der Waals surface area contributed by atoms with Crippen molar-refractivity contribution in [2.24, 2.45) is 0 Å². The third kappa shape index (κ3) is 2.83. The van der Waals surface area contributed by atoms with Gasteiger partial charge in [-0.05, 0) is 24.3 Å². The number of nitrogens with zero attached hydrogens (tertiary/aromatic N) is 3. The first kappa shape index (κ1) is 14.5. The molecule has 2 aromatic carbocycles. The number of anilines is 1. The van der Waals surface area contributed by atoms with Gasteiger partial charge in [0.05, 0.1) is 17.5 Å². The summed E-state index contributed by atoms with van der Waals surface area (Å²) in [5.41, 5.74) is 2.89. The van der Waals surface area contributed by atoms with Crippen LogP contribution in [0.4, 0.5) is 5.69 Å². The second kappa shape index (κ2) is 6.16. The van der Waals surface area contributed by atoms with E-state index in [0.29, 0.717) is 11.3 Å². The lowest BCUT2D eigenvalue weighted by Crippen LogP contribution is -2.39. The van der Waals surface area contributed by atoms with E-state index in [1.54, 1.807) is 30.5 Å². The number of benzene rings is 2. The van der Waals surface area contributed by atoms with Crippen molar-refractivity contribution in [3.05, 3.63) is 67.0 Å². The van der Waals surface area contributed by atoms with Gasteiger partial charge in [0.25, 0.3) is 5.91 Å². The summed E-state index contributed by atoms with van der Waals surface area (Å²) in [5, 5.41) is 11.9. The topological polar surface area (TPSA) is 61.7 Å². The smallest absolute Gasteiger partial charge is 0.266 e. The summed E-state index contributed by atoms with van der Waals surface area (Å²) in [6.07, 6.45) is 3.52. The van der Waals surface area contributed by atoms with Gasteiger partial charge in [0.1, 0.15) is 6.07 Å². The predicted molar refractivity (Wildman–Crippen MR) is 88.3 cm³/mol. The zero-order valence-corrected chi connectivity index (χ0v) is 12.4. The number of nitrogens with one attached hydrogen (secondary N) is 1. The highest BCUT2D eigenvalue weighted by atomic mass is 16.1. The Balaban J connectivity index is 1.86. The molecule has 3 rings (SSSR count). The van der Waals surface area contributed by atoms with Crippen molar-refractivity contribution in [1.29, 1.82) is 5.26 Å². The second-order valence-electron chi connectivity index (χ2n) is 5.03. The van der Waals surface area contributed by atoms with Gasteiger partial charge in [0.2, 0.25) is 6.33 Å². The zero-order valence-electron chi connectivity index (χ0n) is 12.4. The third-order valence-corrected chi connectivity index (χ3v) is 3.57. The molecule has 5 nitrogen and oxygen atoms in total. The summed E-state index contributed by atoms with van der Waals surface area (Å²) in [7, 11) is 0. The van der Waals surface area contributed by atoms with Gasteiger partial charge in [0.15, 0.2) is 17.6 Å². The second-order valence-corrected chi connectivity index (χ2v) is 5.03. The Morgan fingerprint density at radius 3 is 2.78 bits per heavy atom. The molecule has 1 aromatic heterocycles. The van der Waals surface area contributed by atoms with Gasteiger partial charge in [-0.1, -0.05) is 30.8 Å². The fourth-order valence-electron chi connectivity index (χ4n) is 2.51. The van der Waals surface area contributed by atoms with Crippen molar-refractivity contribution >= 4 is 28.8 Å². The minimum absolute atomic E-state index is 0.154. The van der Waals surface area contributed by atoms with E-state index < -0.39 is 0 Å². The molecular formula is C18H15N4O+. The number of hydrogen-bond donors (Lipinski definition) is 1. The molecule has 0 unspecified atom stereocenters. The number of rotatable bonds is 4. The number of aromatic nitrogens is 2.